The summed E-state index contributed by atoms with van der Waals surface area (Å²) in [6.45, 7) is 14.0. The molecule has 1 heteroatoms. The quantitative estimate of drug-likeness (QED) is 0.122. The standard InChI is InChI=1S/C60H48Se/c1-59(2,3)40-33-39(34-41(36-40)60(4,5)6)56-46-25-14-16-27-48(46)57(49-28-17-15-26-47(49)56)51-30-18-29-50-52-35-38(31-32-53(52)61-58(50)51)55-44-23-12-10-21-42(44)54(37-19-8-7-9-20-37)43-22-11-13-24-45(43)55/h7-36H,1-6H3. The molecule has 0 spiro atoms. The van der Waals surface area contributed by atoms with Gasteiger partial charge >= 0.3 is 367 Å². The topological polar surface area (TPSA) is 0 Å². The Kier molecular flexibility index (Phi) is 8.77. The van der Waals surface area contributed by atoms with E-state index < -0.39 is 0 Å². The molecule has 0 saturated heterocycles. The molecule has 0 fully saturated rings. The van der Waals surface area contributed by atoms with Gasteiger partial charge in [0.1, 0.15) is 0 Å². The van der Waals surface area contributed by atoms with Crippen molar-refractivity contribution in [2.75, 3.05) is 0 Å². The summed E-state index contributed by atoms with van der Waals surface area (Å²) < 4.78 is 2.93. The molecular formula is C60H48Se. The Morgan fingerprint density at radius 3 is 1.18 bits per heavy atom. The van der Waals surface area contributed by atoms with E-state index in [1.54, 1.807) is 0 Å². The van der Waals surface area contributed by atoms with E-state index in [0.29, 0.717) is 0 Å². The van der Waals surface area contributed by atoms with Gasteiger partial charge < -0.3 is 0 Å². The average molecular weight is 848 g/mol. The summed E-state index contributed by atoms with van der Waals surface area (Å²) in [5.41, 5.74) is 13.3. The Hall–Kier alpha value is -6.24. The van der Waals surface area contributed by atoms with Gasteiger partial charge in [-0.2, -0.15) is 0 Å². The first kappa shape index (κ1) is 37.7. The second-order valence-electron chi connectivity index (χ2n) is 18.8. The fraction of sp³-hybridized carbons (Fsp3) is 0.133. The van der Waals surface area contributed by atoms with Crippen LogP contribution in [0.5, 0.6) is 0 Å². The van der Waals surface area contributed by atoms with Crippen LogP contribution in [-0.4, -0.2) is 14.5 Å². The zero-order chi connectivity index (χ0) is 41.6. The summed E-state index contributed by atoms with van der Waals surface area (Å²) in [7, 11) is 0. The van der Waals surface area contributed by atoms with Crippen molar-refractivity contribution in [1.29, 1.82) is 0 Å². The van der Waals surface area contributed by atoms with Gasteiger partial charge in [-0.1, -0.05) is 0 Å². The molecule has 0 amide bonds. The molecule has 11 rings (SSSR count). The van der Waals surface area contributed by atoms with Crippen molar-refractivity contribution in [1.82, 2.24) is 0 Å². The fourth-order valence-corrected chi connectivity index (χ4v) is 12.4. The molecular weight excluding hydrogens is 800 g/mol. The van der Waals surface area contributed by atoms with Crippen LogP contribution in [0.3, 0.4) is 0 Å². The van der Waals surface area contributed by atoms with Crippen molar-refractivity contribution >= 4 is 76.9 Å². The van der Waals surface area contributed by atoms with Gasteiger partial charge in [-0.25, -0.2) is 0 Å². The predicted octanol–water partition coefficient (Wildman–Crippen LogP) is 16.9. The van der Waals surface area contributed by atoms with E-state index in [0.717, 1.165) is 0 Å². The molecule has 0 aliphatic rings. The first-order valence-corrected chi connectivity index (χ1v) is 23.3. The van der Waals surface area contributed by atoms with Crippen LogP contribution in [0.25, 0.3) is 107 Å². The summed E-state index contributed by atoms with van der Waals surface area (Å²) in [4.78, 5) is 0. The molecule has 0 nitrogen and oxygen atoms in total. The normalized spacial score (nSPS) is 12.4. The second-order valence-corrected chi connectivity index (χ2v) is 21.1. The van der Waals surface area contributed by atoms with Crippen LogP contribution < -0.4 is 0 Å². The zero-order valence-electron chi connectivity index (χ0n) is 35.7. The van der Waals surface area contributed by atoms with E-state index in [2.05, 4.69) is 224 Å². The molecule has 0 atom stereocenters. The number of fused-ring (bicyclic) bond motifs is 7. The van der Waals surface area contributed by atoms with Gasteiger partial charge in [-0.15, -0.1) is 0 Å². The maximum absolute atomic E-state index is 2.50. The third-order valence-corrected chi connectivity index (χ3v) is 15.5. The molecule has 0 aliphatic heterocycles. The summed E-state index contributed by atoms with van der Waals surface area (Å²) in [5.74, 6) is 0. The SMILES string of the molecule is CC(C)(C)c1cc(-c2c3ccccc3c(-c3cccc4c3[se]c3ccc(-c5c6ccccc6c(-c6ccccc6)c6ccccc56)cc34)c3ccccc23)cc(C(C)(C)C)c1. The van der Waals surface area contributed by atoms with Crippen molar-refractivity contribution in [2.45, 2.75) is 52.4 Å². The van der Waals surface area contributed by atoms with Gasteiger partial charge in [0, 0.05) is 0 Å². The molecule has 294 valence electrons. The van der Waals surface area contributed by atoms with E-state index in [1.165, 1.54) is 118 Å². The Morgan fingerprint density at radius 1 is 0.295 bits per heavy atom. The van der Waals surface area contributed by atoms with Crippen molar-refractivity contribution in [3.63, 3.8) is 0 Å². The molecule has 0 saturated carbocycles. The van der Waals surface area contributed by atoms with Crippen LogP contribution in [0, 0.1) is 0 Å². The second kappa shape index (κ2) is 14.2. The molecule has 0 bridgehead atoms. The monoisotopic (exact) mass is 848 g/mol. The Morgan fingerprint density at radius 2 is 0.705 bits per heavy atom. The number of hydrogen-bond donors (Lipinski definition) is 0. The Bertz CT molecular complexity index is 3390. The van der Waals surface area contributed by atoms with Gasteiger partial charge in [0.15, 0.2) is 0 Å². The van der Waals surface area contributed by atoms with Gasteiger partial charge in [-0.3, -0.25) is 0 Å². The van der Waals surface area contributed by atoms with Gasteiger partial charge in [0.2, 0.25) is 0 Å². The molecule has 0 aliphatic carbocycles. The van der Waals surface area contributed by atoms with E-state index in [9.17, 15) is 0 Å². The predicted molar refractivity (Wildman–Crippen MR) is 268 cm³/mol. The summed E-state index contributed by atoms with van der Waals surface area (Å²) >= 11 is 0.143. The third-order valence-electron chi connectivity index (χ3n) is 12.9. The van der Waals surface area contributed by atoms with Crippen molar-refractivity contribution in [2.24, 2.45) is 0 Å². The van der Waals surface area contributed by atoms with Crippen LogP contribution >= 0.6 is 0 Å². The summed E-state index contributed by atoms with van der Waals surface area (Å²) in [6, 6.07) is 68.9. The fourth-order valence-electron chi connectivity index (χ4n) is 9.87. The van der Waals surface area contributed by atoms with Crippen molar-refractivity contribution < 1.29 is 0 Å². The average Bonchev–Trinajstić information content (AvgIpc) is 3.65. The van der Waals surface area contributed by atoms with Crippen LogP contribution in [0.4, 0.5) is 0 Å². The van der Waals surface area contributed by atoms with Crippen molar-refractivity contribution in [3.05, 3.63) is 193 Å². The summed E-state index contributed by atoms with van der Waals surface area (Å²) in [5, 5.41) is 13.1. The van der Waals surface area contributed by atoms with Crippen LogP contribution in [-0.2, 0) is 10.8 Å². The van der Waals surface area contributed by atoms with E-state index in [-0.39, 0.29) is 25.3 Å². The molecule has 0 unspecified atom stereocenters. The number of rotatable bonds is 4. The van der Waals surface area contributed by atoms with Crippen LogP contribution in [0.15, 0.2) is 182 Å². The van der Waals surface area contributed by atoms with E-state index >= 15 is 0 Å². The maximum atomic E-state index is 2.50. The van der Waals surface area contributed by atoms with Crippen LogP contribution in [0.2, 0.25) is 0 Å². The molecule has 1 heterocycles. The van der Waals surface area contributed by atoms with Crippen molar-refractivity contribution in [3.8, 4) is 44.5 Å². The number of benzene rings is 10. The minimum atomic E-state index is 0.0227. The zero-order valence-corrected chi connectivity index (χ0v) is 37.4. The molecule has 11 aromatic rings. The van der Waals surface area contributed by atoms with Gasteiger partial charge in [-0.05, 0) is 0 Å². The van der Waals surface area contributed by atoms with E-state index in [1.807, 2.05) is 0 Å². The minimum absolute atomic E-state index is 0.0227. The molecule has 1 aromatic heterocycles. The van der Waals surface area contributed by atoms with Crippen LogP contribution in [0.1, 0.15) is 52.7 Å². The number of hydrogen-bond acceptors (Lipinski definition) is 0. The van der Waals surface area contributed by atoms with E-state index in [4.69, 9.17) is 0 Å². The first-order valence-electron chi connectivity index (χ1n) is 21.6. The Labute approximate surface area is 364 Å². The molecule has 10 aromatic carbocycles. The third kappa shape index (κ3) is 6.17. The summed E-state index contributed by atoms with van der Waals surface area (Å²) in [6.07, 6.45) is 0. The molecule has 0 N–H and O–H groups in total. The van der Waals surface area contributed by atoms with Gasteiger partial charge in [0.05, 0.1) is 0 Å². The molecule has 61 heavy (non-hydrogen) atoms. The first-order chi connectivity index (χ1) is 29.5. The van der Waals surface area contributed by atoms with Gasteiger partial charge in [0.25, 0.3) is 0 Å². The molecule has 0 radical (unpaired) electrons. The Balaban J connectivity index is 1.16.